The van der Waals surface area contributed by atoms with Crippen molar-refractivity contribution in [2.45, 2.75) is 24.7 Å². The Balaban J connectivity index is 1.89. The Morgan fingerprint density at radius 3 is 2.48 bits per heavy atom. The van der Waals surface area contributed by atoms with Crippen molar-refractivity contribution in [3.05, 3.63) is 53.6 Å². The molecule has 158 valence electrons. The Morgan fingerprint density at radius 1 is 1.10 bits per heavy atom. The van der Waals surface area contributed by atoms with Crippen LogP contribution in [0.5, 0.6) is 11.5 Å². The van der Waals surface area contributed by atoms with Gasteiger partial charge in [0.2, 0.25) is 15.9 Å². The molecule has 0 aliphatic rings. The van der Waals surface area contributed by atoms with Crippen molar-refractivity contribution in [2.75, 3.05) is 34.4 Å². The average Bonchev–Trinajstić information content (AvgIpc) is 2.70. The first kappa shape index (κ1) is 22.7. The molecule has 2 aromatic rings. The van der Waals surface area contributed by atoms with Gasteiger partial charge in [0.05, 0.1) is 18.6 Å². The maximum atomic E-state index is 12.3. The van der Waals surface area contributed by atoms with Crippen LogP contribution in [-0.4, -0.2) is 53.0 Å². The zero-order chi connectivity index (χ0) is 21.4. The summed E-state index contributed by atoms with van der Waals surface area (Å²) < 4.78 is 36.8. The van der Waals surface area contributed by atoms with Crippen molar-refractivity contribution < 1.29 is 22.7 Å². The van der Waals surface area contributed by atoms with Gasteiger partial charge in [0.15, 0.2) is 0 Å². The summed E-state index contributed by atoms with van der Waals surface area (Å²) in [6.07, 6.45) is 0.580. The molecule has 0 saturated carbocycles. The van der Waals surface area contributed by atoms with Gasteiger partial charge < -0.3 is 14.8 Å². The average molecular weight is 421 g/mol. The number of amides is 1. The first-order valence-corrected chi connectivity index (χ1v) is 10.7. The van der Waals surface area contributed by atoms with Gasteiger partial charge in [0.25, 0.3) is 0 Å². The van der Waals surface area contributed by atoms with E-state index in [2.05, 4.69) is 5.32 Å². The van der Waals surface area contributed by atoms with Crippen molar-refractivity contribution in [3.63, 3.8) is 0 Å². The fourth-order valence-corrected chi connectivity index (χ4v) is 3.68. The number of para-hydroxylation sites is 1. The molecule has 0 radical (unpaired) electrons. The van der Waals surface area contributed by atoms with Crippen LogP contribution in [0, 0.1) is 6.92 Å². The fourth-order valence-electron chi connectivity index (χ4n) is 2.73. The summed E-state index contributed by atoms with van der Waals surface area (Å²) in [5.41, 5.74) is 1.71. The summed E-state index contributed by atoms with van der Waals surface area (Å²) in [7, 11) is 0.922. The highest BCUT2D eigenvalue weighted by molar-refractivity contribution is 7.89. The van der Waals surface area contributed by atoms with Gasteiger partial charge in [-0.05, 0) is 48.7 Å². The van der Waals surface area contributed by atoms with Crippen LogP contribution in [0.25, 0.3) is 0 Å². The molecule has 0 heterocycles. The van der Waals surface area contributed by atoms with Crippen LogP contribution in [-0.2, 0) is 21.2 Å². The molecule has 1 amide bonds. The topological polar surface area (TPSA) is 84.9 Å². The molecule has 8 heteroatoms. The molecular weight excluding hydrogens is 392 g/mol. The first-order valence-electron chi connectivity index (χ1n) is 9.30. The third-order valence-corrected chi connectivity index (χ3v) is 6.24. The van der Waals surface area contributed by atoms with Crippen molar-refractivity contribution >= 4 is 15.9 Å². The van der Waals surface area contributed by atoms with Crippen LogP contribution in [0.1, 0.15) is 17.5 Å². The highest BCUT2D eigenvalue weighted by atomic mass is 32.2. The molecule has 2 aromatic carbocycles. The normalized spacial score (nSPS) is 11.3. The number of methoxy groups -OCH3 is 1. The van der Waals surface area contributed by atoms with E-state index in [1.807, 2.05) is 31.2 Å². The molecule has 0 spiro atoms. The van der Waals surface area contributed by atoms with E-state index in [0.717, 1.165) is 15.6 Å². The predicted octanol–water partition coefficient (Wildman–Crippen LogP) is 2.38. The van der Waals surface area contributed by atoms with E-state index in [4.69, 9.17) is 9.47 Å². The highest BCUT2D eigenvalue weighted by Crippen LogP contribution is 2.25. The van der Waals surface area contributed by atoms with Gasteiger partial charge in [-0.2, -0.15) is 0 Å². The number of carbonyl (C=O) groups excluding carboxylic acids is 1. The number of nitrogens with one attached hydrogen (secondary N) is 1. The summed E-state index contributed by atoms with van der Waals surface area (Å²) >= 11 is 0. The molecule has 0 unspecified atom stereocenters. The van der Waals surface area contributed by atoms with E-state index in [0.29, 0.717) is 30.9 Å². The van der Waals surface area contributed by atoms with Gasteiger partial charge >= 0.3 is 0 Å². The standard InChI is InChI=1S/C21H28N2O5S/c1-16-7-5-6-8-19(16)28-14-13-22-21(24)12-9-17-15-18(10-11-20(17)27-4)29(25,26)23(2)3/h5-8,10-11,15H,9,12-14H2,1-4H3,(H,22,24). The Hall–Kier alpha value is -2.58. The van der Waals surface area contributed by atoms with Gasteiger partial charge in [-0.3, -0.25) is 4.79 Å². The van der Waals surface area contributed by atoms with Crippen molar-refractivity contribution in [1.82, 2.24) is 9.62 Å². The summed E-state index contributed by atoms with van der Waals surface area (Å²) in [6.45, 7) is 2.72. The molecule has 0 aliphatic carbocycles. The number of benzene rings is 2. The van der Waals surface area contributed by atoms with Crippen LogP contribution in [0.3, 0.4) is 0 Å². The summed E-state index contributed by atoms with van der Waals surface area (Å²) in [4.78, 5) is 12.3. The fraction of sp³-hybridized carbons (Fsp3) is 0.381. The highest BCUT2D eigenvalue weighted by Gasteiger charge is 2.19. The van der Waals surface area contributed by atoms with Crippen molar-refractivity contribution in [2.24, 2.45) is 0 Å². The lowest BCUT2D eigenvalue weighted by Crippen LogP contribution is -2.28. The Kier molecular flexibility index (Phi) is 8.04. The van der Waals surface area contributed by atoms with Gasteiger partial charge in [0, 0.05) is 20.5 Å². The first-order chi connectivity index (χ1) is 13.8. The minimum absolute atomic E-state index is 0.138. The van der Waals surface area contributed by atoms with E-state index in [9.17, 15) is 13.2 Å². The van der Waals surface area contributed by atoms with Gasteiger partial charge in [-0.1, -0.05) is 18.2 Å². The van der Waals surface area contributed by atoms with Crippen LogP contribution in [0.15, 0.2) is 47.4 Å². The van der Waals surface area contributed by atoms with Crippen LogP contribution in [0.4, 0.5) is 0 Å². The summed E-state index contributed by atoms with van der Waals surface area (Å²) in [5, 5.41) is 2.81. The SMILES string of the molecule is COc1ccc(S(=O)(=O)N(C)C)cc1CCC(=O)NCCOc1ccccc1C. The number of aryl methyl sites for hydroxylation is 2. The lowest BCUT2D eigenvalue weighted by atomic mass is 10.1. The molecule has 2 rings (SSSR count). The van der Waals surface area contributed by atoms with E-state index in [-0.39, 0.29) is 17.2 Å². The molecule has 7 nitrogen and oxygen atoms in total. The lowest BCUT2D eigenvalue weighted by molar-refractivity contribution is -0.121. The minimum Gasteiger partial charge on any atom is -0.496 e. The molecule has 0 fully saturated rings. The Bertz CT molecular complexity index is 942. The van der Waals surface area contributed by atoms with E-state index >= 15 is 0 Å². The number of hydrogen-bond acceptors (Lipinski definition) is 5. The summed E-state index contributed by atoms with van der Waals surface area (Å²) in [5.74, 6) is 1.21. The van der Waals surface area contributed by atoms with Gasteiger partial charge in [-0.25, -0.2) is 12.7 Å². The van der Waals surface area contributed by atoms with Crippen LogP contribution in [0.2, 0.25) is 0 Å². The second-order valence-corrected chi connectivity index (χ2v) is 8.88. The number of hydrogen-bond donors (Lipinski definition) is 1. The number of carbonyl (C=O) groups is 1. The van der Waals surface area contributed by atoms with E-state index in [1.165, 1.54) is 27.3 Å². The van der Waals surface area contributed by atoms with E-state index < -0.39 is 10.0 Å². The predicted molar refractivity (Wildman–Crippen MR) is 112 cm³/mol. The number of sulfonamides is 1. The van der Waals surface area contributed by atoms with Gasteiger partial charge in [0.1, 0.15) is 18.1 Å². The van der Waals surface area contributed by atoms with Crippen molar-refractivity contribution in [3.8, 4) is 11.5 Å². The third kappa shape index (κ3) is 6.20. The number of ether oxygens (including phenoxy) is 2. The third-order valence-electron chi connectivity index (χ3n) is 4.43. The zero-order valence-corrected chi connectivity index (χ0v) is 18.1. The number of rotatable bonds is 10. The molecule has 0 bridgehead atoms. The molecular formula is C21H28N2O5S. The monoisotopic (exact) mass is 420 g/mol. The molecule has 0 atom stereocenters. The van der Waals surface area contributed by atoms with Gasteiger partial charge in [-0.15, -0.1) is 0 Å². The zero-order valence-electron chi connectivity index (χ0n) is 17.3. The largest absolute Gasteiger partial charge is 0.496 e. The van der Waals surface area contributed by atoms with Crippen LogP contribution < -0.4 is 14.8 Å². The maximum absolute atomic E-state index is 12.3. The Morgan fingerprint density at radius 2 is 1.83 bits per heavy atom. The molecule has 0 aliphatic heterocycles. The molecule has 0 saturated heterocycles. The minimum atomic E-state index is -3.55. The summed E-state index contributed by atoms with van der Waals surface area (Å²) in [6, 6.07) is 12.4. The van der Waals surface area contributed by atoms with E-state index in [1.54, 1.807) is 12.1 Å². The maximum Gasteiger partial charge on any atom is 0.242 e. The molecule has 1 N–H and O–H groups in total. The smallest absolute Gasteiger partial charge is 0.242 e. The molecule has 0 aromatic heterocycles. The Labute approximate surface area is 172 Å². The molecule has 29 heavy (non-hydrogen) atoms. The second kappa shape index (κ2) is 10.3. The lowest BCUT2D eigenvalue weighted by Gasteiger charge is -2.14. The second-order valence-electron chi connectivity index (χ2n) is 6.72. The number of nitrogens with zero attached hydrogens (tertiary/aromatic N) is 1. The van der Waals surface area contributed by atoms with Crippen LogP contribution >= 0.6 is 0 Å². The van der Waals surface area contributed by atoms with Crippen molar-refractivity contribution in [1.29, 1.82) is 0 Å². The quantitative estimate of drug-likeness (QED) is 0.597.